The highest BCUT2D eigenvalue weighted by Gasteiger charge is 2.38. The largest absolute Gasteiger partial charge is 0.310 e. The number of aryl methyl sites for hydroxylation is 4. The molecule has 0 amide bonds. The van der Waals surface area contributed by atoms with Gasteiger partial charge in [0.2, 0.25) is 9.84 Å². The van der Waals surface area contributed by atoms with E-state index in [9.17, 15) is 8.42 Å². The molecule has 256 valence electrons. The molecule has 6 aromatic carbocycles. The maximum atomic E-state index is 14.1. The molecule has 51 heavy (non-hydrogen) atoms. The van der Waals surface area contributed by atoms with Crippen LogP contribution in [0.5, 0.6) is 0 Å². The Labute approximate surface area is 302 Å². The smallest absolute Gasteiger partial charge is 0.206 e. The molecule has 2 aliphatic heterocycles. The molecule has 2 heterocycles. The Balaban J connectivity index is 1.15. The highest BCUT2D eigenvalue weighted by atomic mass is 32.2. The normalized spacial score (nSPS) is 15.5. The zero-order valence-electron chi connectivity index (χ0n) is 30.7. The van der Waals surface area contributed by atoms with Crippen molar-refractivity contribution >= 4 is 44.0 Å². The van der Waals surface area contributed by atoms with Gasteiger partial charge in [-0.2, -0.15) is 0 Å². The lowest BCUT2D eigenvalue weighted by molar-refractivity contribution is 0.596. The van der Waals surface area contributed by atoms with E-state index >= 15 is 0 Å². The van der Waals surface area contributed by atoms with Gasteiger partial charge in [-0.05, 0) is 123 Å². The quantitative estimate of drug-likeness (QED) is 0.185. The van der Waals surface area contributed by atoms with Crippen LogP contribution < -0.4 is 9.80 Å². The van der Waals surface area contributed by atoms with Crippen molar-refractivity contribution in [2.45, 2.75) is 76.0 Å². The topological polar surface area (TPSA) is 40.6 Å². The highest BCUT2D eigenvalue weighted by Crippen LogP contribution is 2.54. The van der Waals surface area contributed by atoms with Gasteiger partial charge in [-0.25, -0.2) is 8.42 Å². The maximum Gasteiger partial charge on any atom is 0.206 e. The number of nitrogens with zero attached hydrogens (tertiary/aromatic N) is 2. The van der Waals surface area contributed by atoms with Crippen LogP contribution in [0.1, 0.15) is 72.2 Å². The van der Waals surface area contributed by atoms with E-state index in [1.807, 2.05) is 24.3 Å². The Morgan fingerprint density at radius 2 is 0.647 bits per heavy atom. The minimum absolute atomic E-state index is 0.179. The van der Waals surface area contributed by atoms with E-state index in [1.54, 1.807) is 24.3 Å². The fourth-order valence-electron chi connectivity index (χ4n) is 8.17. The SMILES string of the molecule is Cc1ccc2c(c1)C(C)(C)c1cc(C)ccc1N2c1ccc(S(=O)(=O)c2ccc(N3c4ccc(C)cc4C(C)(C)c4cc(C)ccc43)cc2)cc1. The second-order valence-corrected chi connectivity index (χ2v) is 17.4. The van der Waals surface area contributed by atoms with Crippen molar-refractivity contribution in [3.05, 3.63) is 166 Å². The fourth-order valence-corrected chi connectivity index (χ4v) is 9.43. The van der Waals surface area contributed by atoms with Gasteiger partial charge in [0, 0.05) is 22.2 Å². The van der Waals surface area contributed by atoms with Crippen molar-refractivity contribution < 1.29 is 8.42 Å². The summed E-state index contributed by atoms with van der Waals surface area (Å²) in [6.45, 7) is 17.7. The van der Waals surface area contributed by atoms with Gasteiger partial charge in [-0.3, -0.25) is 0 Å². The Kier molecular flexibility index (Phi) is 7.41. The zero-order chi connectivity index (χ0) is 36.0. The van der Waals surface area contributed by atoms with E-state index in [2.05, 4.69) is 138 Å². The summed E-state index contributed by atoms with van der Waals surface area (Å²) in [5.41, 5.74) is 15.8. The zero-order valence-corrected chi connectivity index (χ0v) is 31.5. The predicted octanol–water partition coefficient (Wildman–Crippen LogP) is 12.0. The van der Waals surface area contributed by atoms with Gasteiger partial charge in [-0.1, -0.05) is 98.5 Å². The number of hydrogen-bond acceptors (Lipinski definition) is 4. The minimum Gasteiger partial charge on any atom is -0.310 e. The summed E-state index contributed by atoms with van der Waals surface area (Å²) >= 11 is 0. The van der Waals surface area contributed by atoms with Crippen molar-refractivity contribution in [1.29, 1.82) is 0 Å². The molecular weight excluding hydrogens is 645 g/mol. The molecule has 8 rings (SSSR count). The summed E-state index contributed by atoms with van der Waals surface area (Å²) in [5, 5.41) is 0. The van der Waals surface area contributed by atoms with E-state index in [-0.39, 0.29) is 20.6 Å². The van der Waals surface area contributed by atoms with Crippen molar-refractivity contribution in [2.24, 2.45) is 0 Å². The van der Waals surface area contributed by atoms with Gasteiger partial charge < -0.3 is 9.80 Å². The molecule has 0 fully saturated rings. The molecule has 0 bridgehead atoms. The van der Waals surface area contributed by atoms with Gasteiger partial charge in [0.05, 0.1) is 32.5 Å². The molecule has 0 saturated carbocycles. The first-order valence-corrected chi connectivity index (χ1v) is 19.2. The van der Waals surface area contributed by atoms with E-state index in [0.717, 1.165) is 34.1 Å². The van der Waals surface area contributed by atoms with E-state index in [0.29, 0.717) is 0 Å². The first kappa shape index (κ1) is 33.0. The first-order chi connectivity index (χ1) is 24.2. The van der Waals surface area contributed by atoms with Gasteiger partial charge in [0.1, 0.15) is 0 Å². The molecule has 5 heteroatoms. The Morgan fingerprint density at radius 3 is 0.902 bits per heavy atom. The fraction of sp³-hybridized carbons (Fsp3) is 0.217. The van der Waals surface area contributed by atoms with Crippen LogP contribution in [0.3, 0.4) is 0 Å². The standard InChI is InChI=1S/C46H44N2O2S/c1-29-9-21-41-37(25-29)45(5,6)38-26-30(2)10-22-42(38)47(41)33-13-17-35(18-14-33)51(49,50)36-19-15-34(16-20-36)48-43-23-11-31(3)27-39(43)46(7,8)40-28-32(4)12-24-44(40)48/h9-28H,1-8H3. The second-order valence-electron chi connectivity index (χ2n) is 15.5. The summed E-state index contributed by atoms with van der Waals surface area (Å²) in [6, 6.07) is 41.1. The number of sulfone groups is 1. The predicted molar refractivity (Wildman–Crippen MR) is 211 cm³/mol. The number of fused-ring (bicyclic) bond motifs is 4. The molecule has 0 atom stereocenters. The summed E-state index contributed by atoms with van der Waals surface area (Å²) in [6.07, 6.45) is 0. The third-order valence-corrected chi connectivity index (χ3v) is 12.9. The minimum atomic E-state index is -3.77. The van der Waals surface area contributed by atoms with Crippen LogP contribution in [0.15, 0.2) is 131 Å². The molecule has 0 N–H and O–H groups in total. The van der Waals surface area contributed by atoms with Crippen LogP contribution in [0.25, 0.3) is 0 Å². The van der Waals surface area contributed by atoms with E-state index < -0.39 is 9.84 Å². The Bertz CT molecular complexity index is 2200. The van der Waals surface area contributed by atoms with Crippen molar-refractivity contribution in [1.82, 2.24) is 0 Å². The third kappa shape index (κ3) is 5.12. The lowest BCUT2D eigenvalue weighted by Crippen LogP contribution is -2.31. The molecule has 2 aliphatic rings. The molecule has 0 unspecified atom stereocenters. The third-order valence-electron chi connectivity index (χ3n) is 11.1. The van der Waals surface area contributed by atoms with Gasteiger partial charge in [-0.15, -0.1) is 0 Å². The average Bonchev–Trinajstić information content (AvgIpc) is 3.10. The molecule has 0 radical (unpaired) electrons. The number of rotatable bonds is 4. The van der Waals surface area contributed by atoms with E-state index in [4.69, 9.17) is 0 Å². The van der Waals surface area contributed by atoms with Crippen molar-refractivity contribution in [2.75, 3.05) is 9.80 Å². The van der Waals surface area contributed by atoms with Crippen LogP contribution in [-0.4, -0.2) is 8.42 Å². The second kappa shape index (κ2) is 11.4. The molecule has 0 aromatic heterocycles. The average molecular weight is 689 g/mol. The van der Waals surface area contributed by atoms with Crippen LogP contribution >= 0.6 is 0 Å². The monoisotopic (exact) mass is 688 g/mol. The maximum absolute atomic E-state index is 14.1. The Morgan fingerprint density at radius 1 is 0.392 bits per heavy atom. The summed E-state index contributed by atoms with van der Waals surface area (Å²) in [7, 11) is -3.77. The van der Waals surface area contributed by atoms with Crippen molar-refractivity contribution in [3.8, 4) is 0 Å². The van der Waals surface area contributed by atoms with Gasteiger partial charge in [0.25, 0.3) is 0 Å². The Hall–Kier alpha value is -5.13. The lowest BCUT2D eigenvalue weighted by Gasteiger charge is -2.42. The molecule has 4 nitrogen and oxygen atoms in total. The van der Waals surface area contributed by atoms with Crippen LogP contribution in [-0.2, 0) is 20.7 Å². The molecule has 0 aliphatic carbocycles. The van der Waals surface area contributed by atoms with E-state index in [1.165, 1.54) is 44.5 Å². The van der Waals surface area contributed by atoms with Crippen LogP contribution in [0.2, 0.25) is 0 Å². The summed E-state index contributed by atoms with van der Waals surface area (Å²) < 4.78 is 28.2. The lowest BCUT2D eigenvalue weighted by atomic mass is 9.72. The van der Waals surface area contributed by atoms with Gasteiger partial charge >= 0.3 is 0 Å². The number of anilines is 6. The molecule has 0 spiro atoms. The first-order valence-electron chi connectivity index (χ1n) is 17.7. The van der Waals surface area contributed by atoms with Crippen molar-refractivity contribution in [3.63, 3.8) is 0 Å². The van der Waals surface area contributed by atoms with Crippen LogP contribution in [0, 0.1) is 27.7 Å². The molecular formula is C46H44N2O2S. The van der Waals surface area contributed by atoms with Gasteiger partial charge in [0.15, 0.2) is 0 Å². The molecule has 0 saturated heterocycles. The summed E-state index contributed by atoms with van der Waals surface area (Å²) in [4.78, 5) is 5.06. The number of hydrogen-bond donors (Lipinski definition) is 0. The number of benzene rings is 6. The molecule has 6 aromatic rings. The highest BCUT2D eigenvalue weighted by molar-refractivity contribution is 7.91. The van der Waals surface area contributed by atoms with Crippen LogP contribution in [0.4, 0.5) is 34.1 Å². The summed E-state index contributed by atoms with van der Waals surface area (Å²) in [5.74, 6) is 0.